The van der Waals surface area contributed by atoms with Crippen LogP contribution in [0.4, 0.5) is 5.69 Å². The zero-order valence-electron chi connectivity index (χ0n) is 10.4. The highest BCUT2D eigenvalue weighted by Gasteiger charge is 2.13. The first-order chi connectivity index (χ1) is 8.79. The Morgan fingerprint density at radius 2 is 2.00 bits per heavy atom. The number of nitrogens with two attached hydrogens (primary N) is 2. The lowest BCUT2D eigenvalue weighted by Gasteiger charge is -2.06. The lowest BCUT2D eigenvalue weighted by atomic mass is 10.3. The maximum Gasteiger partial charge on any atom is 0.238 e. The van der Waals surface area contributed by atoms with Gasteiger partial charge in [0.2, 0.25) is 10.0 Å². The van der Waals surface area contributed by atoms with Crippen molar-refractivity contribution >= 4 is 27.5 Å². The Bertz CT molecular complexity index is 724. The third-order valence-electron chi connectivity index (χ3n) is 2.56. The second kappa shape index (κ2) is 4.83. The number of hydrogen-bond acceptors (Lipinski definition) is 6. The van der Waals surface area contributed by atoms with Gasteiger partial charge in [-0.05, 0) is 36.9 Å². The fourth-order valence-electron chi connectivity index (χ4n) is 1.37. The molecule has 0 aliphatic carbocycles. The first kappa shape index (κ1) is 13.8. The second-order valence-electron chi connectivity index (χ2n) is 3.94. The Balaban J connectivity index is 2.35. The van der Waals surface area contributed by atoms with Crippen molar-refractivity contribution in [3.05, 3.63) is 24.0 Å². The smallest absolute Gasteiger partial charge is 0.238 e. The zero-order valence-corrected chi connectivity index (χ0v) is 12.0. The summed E-state index contributed by atoms with van der Waals surface area (Å²) >= 11 is 1.31. The van der Waals surface area contributed by atoms with Gasteiger partial charge in [0.05, 0.1) is 4.90 Å². The number of primary sulfonamides is 1. The van der Waals surface area contributed by atoms with E-state index in [4.69, 9.17) is 10.9 Å². The largest absolute Gasteiger partial charge is 0.398 e. The van der Waals surface area contributed by atoms with E-state index in [1.165, 1.54) is 23.9 Å². The quantitative estimate of drug-likeness (QED) is 0.797. The Morgan fingerprint density at radius 1 is 1.32 bits per heavy atom. The van der Waals surface area contributed by atoms with E-state index in [1.54, 1.807) is 6.07 Å². The predicted octanol–water partition coefficient (Wildman–Crippen LogP) is 0.504. The van der Waals surface area contributed by atoms with Gasteiger partial charge < -0.3 is 10.3 Å². The maximum atomic E-state index is 11.2. The minimum absolute atomic E-state index is 0.0107. The van der Waals surface area contributed by atoms with Gasteiger partial charge in [-0.15, -0.1) is 10.2 Å². The number of nitrogen functional groups attached to an aromatic ring is 1. The number of benzene rings is 1. The van der Waals surface area contributed by atoms with E-state index in [-0.39, 0.29) is 4.90 Å². The van der Waals surface area contributed by atoms with Crippen LogP contribution in [0.25, 0.3) is 0 Å². The van der Waals surface area contributed by atoms with Crippen molar-refractivity contribution in [1.82, 2.24) is 14.8 Å². The van der Waals surface area contributed by atoms with E-state index in [2.05, 4.69) is 10.2 Å². The van der Waals surface area contributed by atoms with Gasteiger partial charge in [0.1, 0.15) is 5.82 Å². The van der Waals surface area contributed by atoms with Gasteiger partial charge in [-0.25, -0.2) is 13.6 Å². The number of aromatic nitrogens is 3. The average molecular weight is 299 g/mol. The molecule has 0 saturated carbocycles. The molecule has 0 radical (unpaired) electrons. The normalized spacial score (nSPS) is 11.7. The van der Waals surface area contributed by atoms with Crippen LogP contribution >= 0.6 is 11.8 Å². The molecule has 0 fully saturated rings. The highest BCUT2D eigenvalue weighted by molar-refractivity contribution is 7.99. The summed E-state index contributed by atoms with van der Waals surface area (Å²) in [5.41, 5.74) is 6.16. The molecule has 19 heavy (non-hydrogen) atoms. The molecule has 2 aromatic rings. The molecule has 2 rings (SSSR count). The van der Waals surface area contributed by atoms with E-state index < -0.39 is 10.0 Å². The number of nitrogens with zero attached hydrogens (tertiary/aromatic N) is 3. The number of sulfonamides is 1. The van der Waals surface area contributed by atoms with Crippen molar-refractivity contribution in [2.45, 2.75) is 21.9 Å². The van der Waals surface area contributed by atoms with Crippen LogP contribution in [0.1, 0.15) is 5.82 Å². The van der Waals surface area contributed by atoms with Crippen LogP contribution in [0.2, 0.25) is 0 Å². The highest BCUT2D eigenvalue weighted by atomic mass is 32.2. The topological polar surface area (TPSA) is 117 Å². The second-order valence-corrected chi connectivity index (χ2v) is 6.51. The van der Waals surface area contributed by atoms with Gasteiger partial charge in [0.25, 0.3) is 0 Å². The molecule has 0 unspecified atom stereocenters. The van der Waals surface area contributed by atoms with E-state index in [0.29, 0.717) is 15.7 Å². The van der Waals surface area contributed by atoms with Gasteiger partial charge >= 0.3 is 0 Å². The Hall–Kier alpha value is -1.58. The summed E-state index contributed by atoms with van der Waals surface area (Å²) in [4.78, 5) is 0.686. The van der Waals surface area contributed by atoms with Crippen LogP contribution in [0.5, 0.6) is 0 Å². The predicted molar refractivity (Wildman–Crippen MR) is 72.1 cm³/mol. The minimum Gasteiger partial charge on any atom is -0.398 e. The third-order valence-corrected chi connectivity index (χ3v) is 4.60. The van der Waals surface area contributed by atoms with E-state index in [9.17, 15) is 8.42 Å². The van der Waals surface area contributed by atoms with Crippen LogP contribution in [0.15, 0.2) is 33.1 Å². The number of anilines is 1. The fourth-order valence-corrected chi connectivity index (χ4v) is 2.78. The summed E-state index contributed by atoms with van der Waals surface area (Å²) in [5, 5.41) is 13.6. The molecule has 0 saturated heterocycles. The summed E-state index contributed by atoms with van der Waals surface area (Å²) in [5.74, 6) is 0.780. The van der Waals surface area contributed by atoms with Gasteiger partial charge in [0, 0.05) is 17.6 Å². The number of aryl methyl sites for hydroxylation is 1. The molecule has 0 atom stereocenters. The molecule has 1 aromatic carbocycles. The molecule has 0 amide bonds. The van der Waals surface area contributed by atoms with Crippen LogP contribution < -0.4 is 10.9 Å². The van der Waals surface area contributed by atoms with Gasteiger partial charge in [-0.2, -0.15) is 0 Å². The first-order valence-electron chi connectivity index (χ1n) is 5.25. The fraction of sp³-hybridized carbons (Fsp3) is 0.200. The molecule has 9 heteroatoms. The van der Waals surface area contributed by atoms with Crippen LogP contribution in [-0.2, 0) is 17.1 Å². The Labute approximate surface area is 115 Å². The molecule has 0 aliphatic heterocycles. The van der Waals surface area contributed by atoms with Crippen LogP contribution in [0, 0.1) is 6.92 Å². The molecule has 102 valence electrons. The highest BCUT2D eigenvalue weighted by Crippen LogP contribution is 2.32. The van der Waals surface area contributed by atoms with Crippen molar-refractivity contribution in [1.29, 1.82) is 0 Å². The van der Waals surface area contributed by atoms with Gasteiger partial charge in [-0.3, -0.25) is 0 Å². The first-order valence-corrected chi connectivity index (χ1v) is 7.61. The summed E-state index contributed by atoms with van der Waals surface area (Å²) in [6, 6.07) is 4.35. The molecular weight excluding hydrogens is 286 g/mol. The van der Waals surface area contributed by atoms with Crippen molar-refractivity contribution in [2.75, 3.05) is 5.73 Å². The number of hydrogen-bond donors (Lipinski definition) is 2. The molecule has 4 N–H and O–H groups in total. The summed E-state index contributed by atoms with van der Waals surface area (Å²) in [6.07, 6.45) is 0. The van der Waals surface area contributed by atoms with Crippen LogP contribution in [0.3, 0.4) is 0 Å². The average Bonchev–Trinajstić information content (AvgIpc) is 2.62. The molecule has 1 heterocycles. The van der Waals surface area contributed by atoms with Gasteiger partial charge in [-0.1, -0.05) is 0 Å². The van der Waals surface area contributed by atoms with Crippen molar-refractivity contribution < 1.29 is 8.42 Å². The van der Waals surface area contributed by atoms with Crippen molar-refractivity contribution in [3.8, 4) is 0 Å². The van der Waals surface area contributed by atoms with Crippen LogP contribution in [-0.4, -0.2) is 23.2 Å². The summed E-state index contributed by atoms with van der Waals surface area (Å²) < 4.78 is 24.2. The standard InChI is InChI=1S/C10H13N5O2S2/c1-6-13-14-10(15(6)2)18-9-4-3-7(5-8(9)11)19(12,16)17/h3-5H,11H2,1-2H3,(H2,12,16,17). The molecular formula is C10H13N5O2S2. The summed E-state index contributed by atoms with van der Waals surface area (Å²) in [6.45, 7) is 1.84. The Morgan fingerprint density at radius 3 is 2.47 bits per heavy atom. The summed E-state index contributed by atoms with van der Waals surface area (Å²) in [7, 11) is -1.90. The molecule has 0 spiro atoms. The molecule has 0 bridgehead atoms. The Kier molecular flexibility index (Phi) is 3.52. The monoisotopic (exact) mass is 299 g/mol. The zero-order chi connectivity index (χ0) is 14.2. The van der Waals surface area contributed by atoms with E-state index in [0.717, 1.165) is 5.82 Å². The van der Waals surface area contributed by atoms with E-state index >= 15 is 0 Å². The maximum absolute atomic E-state index is 11.2. The minimum atomic E-state index is -3.74. The lowest BCUT2D eigenvalue weighted by molar-refractivity contribution is 0.598. The number of rotatable bonds is 3. The van der Waals surface area contributed by atoms with E-state index in [1.807, 2.05) is 18.5 Å². The SMILES string of the molecule is Cc1nnc(Sc2ccc(S(N)(=O)=O)cc2N)n1C. The molecule has 0 aliphatic rings. The lowest BCUT2D eigenvalue weighted by Crippen LogP contribution is -2.12. The van der Waals surface area contributed by atoms with Gasteiger partial charge in [0.15, 0.2) is 5.16 Å². The molecule has 7 nitrogen and oxygen atoms in total. The third kappa shape index (κ3) is 2.88. The van der Waals surface area contributed by atoms with Crippen molar-refractivity contribution in [2.24, 2.45) is 12.2 Å². The van der Waals surface area contributed by atoms with Crippen molar-refractivity contribution in [3.63, 3.8) is 0 Å². The molecule has 1 aromatic heterocycles.